The lowest BCUT2D eigenvalue weighted by molar-refractivity contribution is -0.384. The first kappa shape index (κ1) is 18.9. The summed E-state index contributed by atoms with van der Waals surface area (Å²) in [6, 6.07) is 11.4. The van der Waals surface area contributed by atoms with Crippen molar-refractivity contribution in [3.63, 3.8) is 0 Å². The zero-order valence-corrected chi connectivity index (χ0v) is 14.6. The fourth-order valence-electron chi connectivity index (χ4n) is 2.28. The van der Waals surface area contributed by atoms with E-state index in [0.29, 0.717) is 11.1 Å². The first-order valence-electron chi connectivity index (χ1n) is 8.15. The van der Waals surface area contributed by atoms with Crippen molar-refractivity contribution in [2.24, 2.45) is 0 Å². The lowest BCUT2D eigenvalue weighted by Gasteiger charge is -2.06. The Morgan fingerprint density at radius 3 is 2.68 bits per heavy atom. The Morgan fingerprint density at radius 1 is 1.25 bits per heavy atom. The average molecular weight is 383 g/mol. The molecule has 0 spiro atoms. The van der Waals surface area contributed by atoms with Crippen molar-refractivity contribution in [2.75, 3.05) is 0 Å². The van der Waals surface area contributed by atoms with Gasteiger partial charge in [0.1, 0.15) is 5.82 Å². The molecule has 0 aliphatic heterocycles. The number of carbonyl (C=O) groups is 1. The molecule has 0 amide bonds. The lowest BCUT2D eigenvalue weighted by Crippen LogP contribution is -2.06. The van der Waals surface area contributed by atoms with Gasteiger partial charge in [-0.05, 0) is 42.8 Å². The van der Waals surface area contributed by atoms with Gasteiger partial charge in [0.25, 0.3) is 11.6 Å². The molecule has 0 aliphatic carbocycles. The third kappa shape index (κ3) is 4.64. The van der Waals surface area contributed by atoms with Gasteiger partial charge in [-0.1, -0.05) is 12.1 Å². The van der Waals surface area contributed by atoms with Crippen LogP contribution in [0.2, 0.25) is 0 Å². The van der Waals surface area contributed by atoms with Gasteiger partial charge < -0.3 is 9.15 Å². The van der Waals surface area contributed by atoms with Crippen molar-refractivity contribution in [1.82, 2.24) is 10.2 Å². The summed E-state index contributed by atoms with van der Waals surface area (Å²) in [6.45, 7) is 1.56. The Hall–Kier alpha value is -3.88. The highest BCUT2D eigenvalue weighted by Crippen LogP contribution is 2.24. The van der Waals surface area contributed by atoms with Crippen LogP contribution in [0.25, 0.3) is 17.5 Å². The lowest BCUT2D eigenvalue weighted by atomic mass is 10.2. The number of aromatic nitrogens is 2. The topological polar surface area (TPSA) is 108 Å². The molecule has 3 rings (SSSR count). The first-order chi connectivity index (χ1) is 13.4. The second kappa shape index (κ2) is 8.21. The molecule has 0 bridgehead atoms. The number of halogens is 1. The smallest absolute Gasteiger partial charge is 0.331 e. The van der Waals surface area contributed by atoms with Crippen molar-refractivity contribution in [3.8, 4) is 11.5 Å². The van der Waals surface area contributed by atoms with Crippen molar-refractivity contribution in [1.29, 1.82) is 0 Å². The van der Waals surface area contributed by atoms with Crippen LogP contribution in [0.4, 0.5) is 10.1 Å². The summed E-state index contributed by atoms with van der Waals surface area (Å²) < 4.78 is 23.8. The number of esters is 1. The highest BCUT2D eigenvalue weighted by atomic mass is 19.1. The van der Waals surface area contributed by atoms with E-state index in [-0.39, 0.29) is 17.5 Å². The summed E-state index contributed by atoms with van der Waals surface area (Å²) in [7, 11) is 0. The summed E-state index contributed by atoms with van der Waals surface area (Å²) in [6.07, 6.45) is 1.77. The highest BCUT2D eigenvalue weighted by Gasteiger charge is 2.18. The Morgan fingerprint density at radius 2 is 2.00 bits per heavy atom. The fraction of sp³-hybridized carbons (Fsp3) is 0.105. The van der Waals surface area contributed by atoms with Gasteiger partial charge >= 0.3 is 5.97 Å². The van der Waals surface area contributed by atoms with Crippen LogP contribution in [0, 0.1) is 15.9 Å². The number of rotatable bonds is 6. The molecule has 2 aromatic carbocycles. The molecule has 3 aromatic rings. The average Bonchev–Trinajstić information content (AvgIpc) is 3.17. The van der Waals surface area contributed by atoms with E-state index in [4.69, 9.17) is 9.15 Å². The van der Waals surface area contributed by atoms with E-state index >= 15 is 0 Å². The van der Waals surface area contributed by atoms with Gasteiger partial charge in [-0.3, -0.25) is 10.1 Å². The number of benzene rings is 2. The predicted octanol–water partition coefficient (Wildman–Crippen LogP) is 4.10. The second-order valence-corrected chi connectivity index (χ2v) is 5.72. The zero-order valence-electron chi connectivity index (χ0n) is 14.6. The van der Waals surface area contributed by atoms with Crippen LogP contribution in [0.3, 0.4) is 0 Å². The highest BCUT2D eigenvalue weighted by molar-refractivity contribution is 5.87. The standard InChI is InChI=1S/C19H14FN3O5/c1-12(27-17(24)10-5-13-3-2-4-15(20)11-13)18-21-22-19(28-18)14-6-8-16(9-7-14)23(25)26/h2-12H,1H3/b10-5+/t12-/m0/s1. The fourth-order valence-corrected chi connectivity index (χ4v) is 2.28. The van der Waals surface area contributed by atoms with E-state index in [0.717, 1.165) is 0 Å². The van der Waals surface area contributed by atoms with Crippen LogP contribution >= 0.6 is 0 Å². The van der Waals surface area contributed by atoms with Crippen molar-refractivity contribution in [2.45, 2.75) is 13.0 Å². The van der Waals surface area contributed by atoms with Gasteiger partial charge in [0.05, 0.1) is 4.92 Å². The molecule has 0 radical (unpaired) electrons. The quantitative estimate of drug-likeness (QED) is 0.273. The molecular formula is C19H14FN3O5. The summed E-state index contributed by atoms with van der Waals surface area (Å²) in [4.78, 5) is 22.1. The van der Waals surface area contributed by atoms with E-state index in [9.17, 15) is 19.3 Å². The SMILES string of the molecule is C[C@H](OC(=O)/C=C/c1cccc(F)c1)c1nnc(-c2ccc([N+](=O)[O-])cc2)o1. The van der Waals surface area contributed by atoms with Crippen LogP contribution < -0.4 is 0 Å². The number of nitrogens with zero attached hydrogens (tertiary/aromatic N) is 3. The van der Waals surface area contributed by atoms with Crippen LogP contribution in [0.15, 0.2) is 59.0 Å². The summed E-state index contributed by atoms with van der Waals surface area (Å²) >= 11 is 0. The molecule has 8 nitrogen and oxygen atoms in total. The third-order valence-electron chi connectivity index (χ3n) is 3.67. The summed E-state index contributed by atoms with van der Waals surface area (Å²) in [5.41, 5.74) is 0.951. The molecule has 9 heteroatoms. The number of ether oxygens (including phenoxy) is 1. The van der Waals surface area contributed by atoms with E-state index in [1.165, 1.54) is 54.6 Å². The number of nitro benzene ring substituents is 1. The molecule has 142 valence electrons. The minimum Gasteiger partial charge on any atom is -0.449 e. The Balaban J connectivity index is 1.64. The number of non-ortho nitro benzene ring substituents is 1. The van der Waals surface area contributed by atoms with Crippen LogP contribution in [-0.4, -0.2) is 21.1 Å². The van der Waals surface area contributed by atoms with Gasteiger partial charge in [0.15, 0.2) is 6.10 Å². The largest absolute Gasteiger partial charge is 0.449 e. The molecule has 1 atom stereocenters. The van der Waals surface area contributed by atoms with E-state index in [1.54, 1.807) is 13.0 Å². The molecule has 0 aliphatic rings. The van der Waals surface area contributed by atoms with Gasteiger partial charge in [-0.25, -0.2) is 9.18 Å². The van der Waals surface area contributed by atoms with E-state index in [2.05, 4.69) is 10.2 Å². The molecule has 0 saturated carbocycles. The number of hydrogen-bond acceptors (Lipinski definition) is 7. The molecular weight excluding hydrogens is 369 g/mol. The van der Waals surface area contributed by atoms with Crippen LogP contribution in [-0.2, 0) is 9.53 Å². The van der Waals surface area contributed by atoms with Crippen LogP contribution in [0.1, 0.15) is 24.5 Å². The van der Waals surface area contributed by atoms with Gasteiger partial charge in [0.2, 0.25) is 5.89 Å². The van der Waals surface area contributed by atoms with E-state index in [1.807, 2.05) is 0 Å². The number of nitro groups is 1. The molecule has 0 unspecified atom stereocenters. The molecule has 1 heterocycles. The number of hydrogen-bond donors (Lipinski definition) is 0. The van der Waals surface area contributed by atoms with Gasteiger partial charge in [0, 0.05) is 23.8 Å². The maximum atomic E-state index is 13.1. The van der Waals surface area contributed by atoms with Crippen LogP contribution in [0.5, 0.6) is 0 Å². The number of carbonyl (C=O) groups excluding carboxylic acids is 1. The maximum absolute atomic E-state index is 13.1. The van der Waals surface area contributed by atoms with E-state index < -0.39 is 22.8 Å². The van der Waals surface area contributed by atoms with Gasteiger partial charge in [-0.15, -0.1) is 10.2 Å². The zero-order chi connectivity index (χ0) is 20.1. The minimum atomic E-state index is -0.816. The summed E-state index contributed by atoms with van der Waals surface area (Å²) in [5, 5.41) is 18.4. The minimum absolute atomic E-state index is 0.0594. The monoisotopic (exact) mass is 383 g/mol. The molecule has 28 heavy (non-hydrogen) atoms. The normalized spacial score (nSPS) is 12.1. The molecule has 0 N–H and O–H groups in total. The first-order valence-corrected chi connectivity index (χ1v) is 8.15. The Labute approximate surface area is 158 Å². The van der Waals surface area contributed by atoms with Gasteiger partial charge in [-0.2, -0.15) is 0 Å². The predicted molar refractivity (Wildman–Crippen MR) is 96.3 cm³/mol. The van der Waals surface area contributed by atoms with Crippen molar-refractivity contribution in [3.05, 3.63) is 82.0 Å². The Kier molecular flexibility index (Phi) is 5.54. The summed E-state index contributed by atoms with van der Waals surface area (Å²) in [5.74, 6) is -0.857. The van der Waals surface area contributed by atoms with Crippen molar-refractivity contribution < 1.29 is 23.3 Å². The molecule has 0 saturated heterocycles. The molecule has 0 fully saturated rings. The molecule has 1 aromatic heterocycles. The Bertz CT molecular complexity index is 1030. The third-order valence-corrected chi connectivity index (χ3v) is 3.67. The second-order valence-electron chi connectivity index (χ2n) is 5.72. The maximum Gasteiger partial charge on any atom is 0.331 e. The van der Waals surface area contributed by atoms with Crippen molar-refractivity contribution >= 4 is 17.7 Å².